The molecular formula is C15H26N2O3. The molecule has 1 saturated carbocycles. The van der Waals surface area contributed by atoms with Gasteiger partial charge < -0.3 is 10.4 Å². The summed E-state index contributed by atoms with van der Waals surface area (Å²) < 4.78 is 0. The molecule has 2 aliphatic rings. The van der Waals surface area contributed by atoms with Crippen LogP contribution >= 0.6 is 0 Å². The van der Waals surface area contributed by atoms with Crippen LogP contribution < -0.4 is 5.32 Å². The van der Waals surface area contributed by atoms with Gasteiger partial charge in [-0.05, 0) is 46.5 Å². The molecule has 0 bridgehead atoms. The Kier molecular flexibility index (Phi) is 4.37. The number of hydrogen-bond acceptors (Lipinski definition) is 3. The Labute approximate surface area is 120 Å². The molecule has 114 valence electrons. The van der Waals surface area contributed by atoms with Crippen molar-refractivity contribution in [3.63, 3.8) is 0 Å². The van der Waals surface area contributed by atoms with Gasteiger partial charge in [-0.25, -0.2) is 4.79 Å². The Morgan fingerprint density at radius 3 is 2.15 bits per heavy atom. The topological polar surface area (TPSA) is 69.6 Å². The van der Waals surface area contributed by atoms with E-state index in [1.54, 1.807) is 0 Å². The van der Waals surface area contributed by atoms with Crippen LogP contribution in [0.15, 0.2) is 0 Å². The van der Waals surface area contributed by atoms with Crippen molar-refractivity contribution in [1.29, 1.82) is 0 Å². The molecule has 0 aromatic carbocycles. The Morgan fingerprint density at radius 1 is 1.20 bits per heavy atom. The molecule has 5 nitrogen and oxygen atoms in total. The van der Waals surface area contributed by atoms with E-state index in [1.807, 2.05) is 6.92 Å². The van der Waals surface area contributed by atoms with Crippen molar-refractivity contribution in [1.82, 2.24) is 10.2 Å². The predicted octanol–water partition coefficient (Wildman–Crippen LogP) is 1.76. The van der Waals surface area contributed by atoms with Gasteiger partial charge in [0.25, 0.3) is 0 Å². The predicted molar refractivity (Wildman–Crippen MR) is 76.4 cm³/mol. The van der Waals surface area contributed by atoms with Crippen LogP contribution in [0.5, 0.6) is 0 Å². The second-order valence-electron chi connectivity index (χ2n) is 6.48. The summed E-state index contributed by atoms with van der Waals surface area (Å²) in [5, 5.41) is 12.3. The molecule has 0 radical (unpaired) electrons. The van der Waals surface area contributed by atoms with Crippen molar-refractivity contribution < 1.29 is 14.7 Å². The van der Waals surface area contributed by atoms with Crippen LogP contribution in [0.3, 0.4) is 0 Å². The van der Waals surface area contributed by atoms with Crippen LogP contribution in [-0.2, 0) is 9.59 Å². The van der Waals surface area contributed by atoms with E-state index in [2.05, 4.69) is 24.1 Å². The number of nitrogens with zero attached hydrogens (tertiary/aromatic N) is 1. The molecule has 20 heavy (non-hydrogen) atoms. The van der Waals surface area contributed by atoms with Crippen molar-refractivity contribution >= 4 is 11.9 Å². The van der Waals surface area contributed by atoms with Crippen LogP contribution in [0.1, 0.15) is 59.3 Å². The minimum Gasteiger partial charge on any atom is -0.480 e. The lowest BCUT2D eigenvalue weighted by Gasteiger charge is -2.34. The number of likely N-dealkylation sites (tertiary alicyclic amines) is 1. The van der Waals surface area contributed by atoms with E-state index in [0.717, 1.165) is 25.7 Å². The number of carbonyl (C=O) groups is 2. The van der Waals surface area contributed by atoms with E-state index in [9.17, 15) is 14.7 Å². The molecule has 3 atom stereocenters. The van der Waals surface area contributed by atoms with Gasteiger partial charge in [-0.2, -0.15) is 0 Å². The number of carbonyl (C=O) groups excluding carboxylic acids is 1. The van der Waals surface area contributed by atoms with Crippen molar-refractivity contribution in [2.24, 2.45) is 0 Å². The summed E-state index contributed by atoms with van der Waals surface area (Å²) in [5.74, 6) is -1.03. The third-order valence-electron chi connectivity index (χ3n) is 5.08. The average molecular weight is 282 g/mol. The molecule has 1 saturated heterocycles. The van der Waals surface area contributed by atoms with Gasteiger partial charge in [0.1, 0.15) is 5.54 Å². The largest absolute Gasteiger partial charge is 0.480 e. The van der Waals surface area contributed by atoms with Crippen LogP contribution in [0.4, 0.5) is 0 Å². The SMILES string of the molecule is CC1CCC(C)N1C(C)C(=O)NC1(C(=O)O)CCCC1. The highest BCUT2D eigenvalue weighted by molar-refractivity contribution is 5.89. The van der Waals surface area contributed by atoms with E-state index < -0.39 is 11.5 Å². The summed E-state index contributed by atoms with van der Waals surface area (Å²) >= 11 is 0. The highest BCUT2D eigenvalue weighted by Gasteiger charge is 2.44. The van der Waals surface area contributed by atoms with Crippen LogP contribution in [0.25, 0.3) is 0 Å². The molecule has 1 aliphatic heterocycles. The molecule has 2 fully saturated rings. The Balaban J connectivity index is 2.05. The molecule has 2 rings (SSSR count). The normalized spacial score (nSPS) is 31.1. The summed E-state index contributed by atoms with van der Waals surface area (Å²) in [4.78, 5) is 26.2. The second kappa shape index (κ2) is 5.72. The van der Waals surface area contributed by atoms with E-state index in [4.69, 9.17) is 0 Å². The molecule has 2 N–H and O–H groups in total. The zero-order valence-electron chi connectivity index (χ0n) is 12.7. The third kappa shape index (κ3) is 2.68. The quantitative estimate of drug-likeness (QED) is 0.824. The zero-order chi connectivity index (χ0) is 14.9. The number of carboxylic acid groups (broad SMARTS) is 1. The third-order valence-corrected chi connectivity index (χ3v) is 5.08. The zero-order valence-corrected chi connectivity index (χ0v) is 12.7. The van der Waals surface area contributed by atoms with Gasteiger partial charge >= 0.3 is 5.97 Å². The van der Waals surface area contributed by atoms with E-state index in [1.165, 1.54) is 0 Å². The van der Waals surface area contributed by atoms with Gasteiger partial charge in [-0.3, -0.25) is 9.69 Å². The molecule has 1 aliphatic carbocycles. The molecule has 5 heteroatoms. The fourth-order valence-electron chi connectivity index (χ4n) is 3.82. The molecule has 0 aromatic heterocycles. The number of aliphatic carboxylic acids is 1. The van der Waals surface area contributed by atoms with Gasteiger partial charge in [0.15, 0.2) is 0 Å². The molecule has 3 unspecified atom stereocenters. The maximum atomic E-state index is 12.5. The first-order valence-electron chi connectivity index (χ1n) is 7.70. The lowest BCUT2D eigenvalue weighted by molar-refractivity contribution is -0.148. The van der Waals surface area contributed by atoms with Gasteiger partial charge in [0, 0.05) is 12.1 Å². The van der Waals surface area contributed by atoms with Crippen molar-refractivity contribution in [3.05, 3.63) is 0 Å². The first-order chi connectivity index (χ1) is 9.37. The Hall–Kier alpha value is -1.10. The maximum Gasteiger partial charge on any atom is 0.329 e. The monoisotopic (exact) mass is 282 g/mol. The summed E-state index contributed by atoms with van der Waals surface area (Å²) in [5.41, 5.74) is -1.03. The second-order valence-corrected chi connectivity index (χ2v) is 6.48. The number of amides is 1. The van der Waals surface area contributed by atoms with E-state index >= 15 is 0 Å². The summed E-state index contributed by atoms with van der Waals surface area (Å²) in [6.45, 7) is 6.16. The van der Waals surface area contributed by atoms with E-state index in [0.29, 0.717) is 24.9 Å². The fraction of sp³-hybridized carbons (Fsp3) is 0.867. The van der Waals surface area contributed by atoms with Crippen molar-refractivity contribution in [2.45, 2.75) is 83.0 Å². The van der Waals surface area contributed by atoms with Crippen LogP contribution in [-0.4, -0.2) is 45.5 Å². The lowest BCUT2D eigenvalue weighted by atomic mass is 9.97. The maximum absolute atomic E-state index is 12.5. The summed E-state index contributed by atoms with van der Waals surface area (Å²) in [6, 6.07) is 0.504. The smallest absolute Gasteiger partial charge is 0.329 e. The van der Waals surface area contributed by atoms with Gasteiger partial charge in [-0.15, -0.1) is 0 Å². The van der Waals surface area contributed by atoms with Gasteiger partial charge in [0.2, 0.25) is 5.91 Å². The summed E-state index contributed by atoms with van der Waals surface area (Å²) in [6.07, 6.45) is 5.04. The molecule has 1 heterocycles. The molecule has 0 aromatic rings. The lowest BCUT2D eigenvalue weighted by Crippen LogP contribution is -2.58. The van der Waals surface area contributed by atoms with E-state index in [-0.39, 0.29) is 11.9 Å². The molecule has 0 spiro atoms. The highest BCUT2D eigenvalue weighted by Crippen LogP contribution is 2.31. The Morgan fingerprint density at radius 2 is 1.70 bits per heavy atom. The number of carboxylic acids is 1. The first-order valence-corrected chi connectivity index (χ1v) is 7.70. The molecule has 1 amide bonds. The van der Waals surface area contributed by atoms with Crippen molar-refractivity contribution in [3.8, 4) is 0 Å². The standard InChI is InChI=1S/C15H26N2O3/c1-10-6-7-11(2)17(10)12(3)13(18)16-15(14(19)20)8-4-5-9-15/h10-12H,4-9H2,1-3H3,(H,16,18)(H,19,20). The minimum atomic E-state index is -1.03. The van der Waals surface area contributed by atoms with Crippen LogP contribution in [0.2, 0.25) is 0 Å². The number of nitrogens with one attached hydrogen (secondary N) is 1. The number of hydrogen-bond donors (Lipinski definition) is 2. The highest BCUT2D eigenvalue weighted by atomic mass is 16.4. The average Bonchev–Trinajstić information content (AvgIpc) is 2.97. The fourth-order valence-corrected chi connectivity index (χ4v) is 3.82. The Bertz CT molecular complexity index is 381. The first kappa shape index (κ1) is 15.3. The minimum absolute atomic E-state index is 0.144. The molecular weight excluding hydrogens is 256 g/mol. The van der Waals surface area contributed by atoms with Crippen molar-refractivity contribution in [2.75, 3.05) is 0 Å². The summed E-state index contributed by atoms with van der Waals surface area (Å²) in [7, 11) is 0. The van der Waals surface area contributed by atoms with Crippen LogP contribution in [0, 0.1) is 0 Å². The van der Waals surface area contributed by atoms with Gasteiger partial charge in [-0.1, -0.05) is 12.8 Å². The van der Waals surface area contributed by atoms with Gasteiger partial charge in [0.05, 0.1) is 6.04 Å². The number of rotatable bonds is 4.